The van der Waals surface area contributed by atoms with E-state index in [1.165, 1.54) is 5.56 Å². The fourth-order valence-electron chi connectivity index (χ4n) is 1.32. The number of nitrogens with zero attached hydrogens (tertiary/aromatic N) is 2. The summed E-state index contributed by atoms with van der Waals surface area (Å²) < 4.78 is 0. The van der Waals surface area contributed by atoms with Gasteiger partial charge in [-0.1, -0.05) is 20.8 Å². The molecule has 0 radical (unpaired) electrons. The lowest BCUT2D eigenvalue weighted by Gasteiger charge is -2.00. The van der Waals surface area contributed by atoms with Crippen molar-refractivity contribution < 1.29 is 0 Å². The smallest absolute Gasteiger partial charge is 0.0918 e. The molecule has 0 bridgehead atoms. The predicted octanol–water partition coefficient (Wildman–Crippen LogP) is 3.22. The van der Waals surface area contributed by atoms with Crippen LogP contribution in [0.25, 0.3) is 11.0 Å². The van der Waals surface area contributed by atoms with Gasteiger partial charge in [0, 0.05) is 12.4 Å². The van der Waals surface area contributed by atoms with Crippen molar-refractivity contribution in [1.82, 2.24) is 9.97 Å². The monoisotopic (exact) mass is 188 g/mol. The number of hydrogen-bond acceptors (Lipinski definition) is 2. The molecule has 0 saturated heterocycles. The van der Waals surface area contributed by atoms with E-state index in [4.69, 9.17) is 0 Å². The summed E-state index contributed by atoms with van der Waals surface area (Å²) >= 11 is 0. The highest BCUT2D eigenvalue weighted by molar-refractivity contribution is 5.77. The Morgan fingerprint density at radius 3 is 2.57 bits per heavy atom. The Balaban J connectivity index is 0.000000461. The molecule has 2 rings (SSSR count). The Kier molecular flexibility index (Phi) is 4.05. The van der Waals surface area contributed by atoms with Gasteiger partial charge in [0.1, 0.15) is 0 Å². The van der Waals surface area contributed by atoms with Gasteiger partial charge >= 0.3 is 0 Å². The summed E-state index contributed by atoms with van der Waals surface area (Å²) in [5.74, 6) is 0. The van der Waals surface area contributed by atoms with E-state index in [9.17, 15) is 0 Å². The summed E-state index contributed by atoms with van der Waals surface area (Å²) in [5.41, 5.74) is 3.28. The standard InChI is InChI=1S/C10H10N2.C2H6/c1-2-8-5-7-11-9-4-3-6-12-10(8)9;1-2/h3-7H,2H2,1H3;1-2H3. The molecule has 2 aromatic heterocycles. The molecule has 2 nitrogen and oxygen atoms in total. The summed E-state index contributed by atoms with van der Waals surface area (Å²) in [6.07, 6.45) is 4.65. The average molecular weight is 188 g/mol. The number of aromatic nitrogens is 2. The van der Waals surface area contributed by atoms with Crippen LogP contribution in [0.15, 0.2) is 30.6 Å². The second-order valence-electron chi connectivity index (χ2n) is 2.69. The summed E-state index contributed by atoms with van der Waals surface area (Å²) in [6, 6.07) is 5.92. The van der Waals surface area contributed by atoms with Crippen molar-refractivity contribution in [2.24, 2.45) is 0 Å². The molecule has 2 heterocycles. The molecule has 2 aromatic rings. The first-order chi connectivity index (χ1) is 6.92. The highest BCUT2D eigenvalue weighted by atomic mass is 14.7. The largest absolute Gasteiger partial charge is 0.255 e. The van der Waals surface area contributed by atoms with E-state index < -0.39 is 0 Å². The van der Waals surface area contributed by atoms with Crippen LogP contribution >= 0.6 is 0 Å². The Bertz CT molecular complexity index is 391. The molecule has 2 heteroatoms. The zero-order valence-corrected chi connectivity index (χ0v) is 8.99. The minimum absolute atomic E-state index is 0.983. The van der Waals surface area contributed by atoms with E-state index in [1.54, 1.807) is 0 Å². The van der Waals surface area contributed by atoms with Crippen molar-refractivity contribution in [2.45, 2.75) is 27.2 Å². The quantitative estimate of drug-likeness (QED) is 0.686. The van der Waals surface area contributed by atoms with Crippen LogP contribution in [-0.4, -0.2) is 9.97 Å². The lowest BCUT2D eigenvalue weighted by molar-refractivity contribution is 1.13. The Morgan fingerprint density at radius 1 is 1.07 bits per heavy atom. The topological polar surface area (TPSA) is 25.8 Å². The van der Waals surface area contributed by atoms with Crippen molar-refractivity contribution in [3.63, 3.8) is 0 Å². The lowest BCUT2D eigenvalue weighted by atomic mass is 10.1. The van der Waals surface area contributed by atoms with Crippen LogP contribution in [0.2, 0.25) is 0 Å². The molecule has 74 valence electrons. The third-order valence-electron chi connectivity index (χ3n) is 1.96. The summed E-state index contributed by atoms with van der Waals surface area (Å²) in [4.78, 5) is 8.52. The molecule has 0 aromatic carbocycles. The second kappa shape index (κ2) is 5.32. The second-order valence-corrected chi connectivity index (χ2v) is 2.69. The van der Waals surface area contributed by atoms with Crippen molar-refractivity contribution in [2.75, 3.05) is 0 Å². The van der Waals surface area contributed by atoms with E-state index >= 15 is 0 Å². The van der Waals surface area contributed by atoms with Gasteiger partial charge in [-0.3, -0.25) is 9.97 Å². The van der Waals surface area contributed by atoms with Crippen molar-refractivity contribution in [3.8, 4) is 0 Å². The van der Waals surface area contributed by atoms with Crippen LogP contribution in [0.4, 0.5) is 0 Å². The van der Waals surface area contributed by atoms with Gasteiger partial charge < -0.3 is 0 Å². The van der Waals surface area contributed by atoms with Gasteiger partial charge in [0.05, 0.1) is 11.0 Å². The van der Waals surface area contributed by atoms with Gasteiger partial charge in [-0.25, -0.2) is 0 Å². The van der Waals surface area contributed by atoms with Crippen molar-refractivity contribution >= 4 is 11.0 Å². The molecule has 0 spiro atoms. The van der Waals surface area contributed by atoms with E-state index in [0.29, 0.717) is 0 Å². The van der Waals surface area contributed by atoms with Gasteiger partial charge in [-0.15, -0.1) is 0 Å². The molecule has 0 atom stereocenters. The molecule has 0 N–H and O–H groups in total. The Labute approximate surface area is 85.0 Å². The van der Waals surface area contributed by atoms with E-state index in [2.05, 4.69) is 16.9 Å². The first kappa shape index (κ1) is 10.6. The van der Waals surface area contributed by atoms with Crippen LogP contribution in [-0.2, 0) is 6.42 Å². The van der Waals surface area contributed by atoms with Crippen LogP contribution in [0, 0.1) is 0 Å². The number of hydrogen-bond donors (Lipinski definition) is 0. The van der Waals surface area contributed by atoms with E-state index in [1.807, 2.05) is 44.4 Å². The van der Waals surface area contributed by atoms with Crippen LogP contribution in [0.5, 0.6) is 0 Å². The molecular weight excluding hydrogens is 172 g/mol. The minimum atomic E-state index is 0.983. The van der Waals surface area contributed by atoms with E-state index in [0.717, 1.165) is 17.5 Å². The van der Waals surface area contributed by atoms with E-state index in [-0.39, 0.29) is 0 Å². The van der Waals surface area contributed by atoms with Gasteiger partial charge in [-0.05, 0) is 30.2 Å². The highest BCUT2D eigenvalue weighted by Gasteiger charge is 1.98. The van der Waals surface area contributed by atoms with Crippen LogP contribution in [0.3, 0.4) is 0 Å². The third-order valence-corrected chi connectivity index (χ3v) is 1.96. The van der Waals surface area contributed by atoms with Crippen LogP contribution in [0.1, 0.15) is 26.3 Å². The molecule has 0 saturated carbocycles. The molecule has 0 aliphatic rings. The maximum atomic E-state index is 4.29. The zero-order valence-electron chi connectivity index (χ0n) is 8.99. The van der Waals surface area contributed by atoms with Gasteiger partial charge in [-0.2, -0.15) is 0 Å². The third kappa shape index (κ3) is 2.08. The SMILES string of the molecule is CC.CCc1ccnc2cccnc12. The molecule has 0 aliphatic heterocycles. The summed E-state index contributed by atoms with van der Waals surface area (Å²) in [6.45, 7) is 6.13. The van der Waals surface area contributed by atoms with Crippen molar-refractivity contribution in [1.29, 1.82) is 0 Å². The van der Waals surface area contributed by atoms with Gasteiger partial charge in [0.15, 0.2) is 0 Å². The van der Waals surface area contributed by atoms with Crippen molar-refractivity contribution in [3.05, 3.63) is 36.2 Å². The maximum absolute atomic E-state index is 4.29. The molecule has 0 fully saturated rings. The predicted molar refractivity (Wildman–Crippen MR) is 60.3 cm³/mol. The average Bonchev–Trinajstić information content (AvgIpc) is 2.31. The summed E-state index contributed by atoms with van der Waals surface area (Å²) in [5, 5.41) is 0. The minimum Gasteiger partial charge on any atom is -0.255 e. The fraction of sp³-hybridized carbons (Fsp3) is 0.333. The van der Waals surface area contributed by atoms with Crippen LogP contribution < -0.4 is 0 Å². The fourth-order valence-corrected chi connectivity index (χ4v) is 1.32. The number of aryl methyl sites for hydroxylation is 1. The maximum Gasteiger partial charge on any atom is 0.0918 e. The molecule has 14 heavy (non-hydrogen) atoms. The lowest BCUT2D eigenvalue weighted by Crippen LogP contribution is -1.88. The summed E-state index contributed by atoms with van der Waals surface area (Å²) in [7, 11) is 0. The zero-order chi connectivity index (χ0) is 10.4. The number of rotatable bonds is 1. The normalized spacial score (nSPS) is 9.36. The highest BCUT2D eigenvalue weighted by Crippen LogP contribution is 2.12. The van der Waals surface area contributed by atoms with Gasteiger partial charge in [0.25, 0.3) is 0 Å². The number of pyridine rings is 2. The first-order valence-electron chi connectivity index (χ1n) is 5.10. The molecule has 0 amide bonds. The first-order valence-corrected chi connectivity index (χ1v) is 5.10. The number of fused-ring (bicyclic) bond motifs is 1. The van der Waals surface area contributed by atoms with Gasteiger partial charge in [0.2, 0.25) is 0 Å². The molecule has 0 aliphatic carbocycles. The Morgan fingerprint density at radius 2 is 1.86 bits per heavy atom. The molecule has 0 unspecified atom stereocenters. The Hall–Kier alpha value is -1.44. The molecular formula is C12H16N2.